The van der Waals surface area contributed by atoms with E-state index in [2.05, 4.69) is 10.2 Å². The van der Waals surface area contributed by atoms with Crippen LogP contribution in [0.4, 0.5) is 9.59 Å². The van der Waals surface area contributed by atoms with Crippen LogP contribution in [0.1, 0.15) is 125 Å². The summed E-state index contributed by atoms with van der Waals surface area (Å²) in [4.78, 5) is 35.7. The van der Waals surface area contributed by atoms with Crippen LogP contribution >= 0.6 is 0 Å². The molecule has 5 aliphatic rings. The number of amides is 2. The van der Waals surface area contributed by atoms with Crippen molar-refractivity contribution in [1.29, 1.82) is 0 Å². The fourth-order valence-electron chi connectivity index (χ4n) is 8.06. The SMILES string of the molecule is CC(C)(C)OC(=O)NC(=NCC12CC3CC(CC(C3)C1)C2)N(CCCCCN1CCCCCC1)C(=O)OC(C)(C)C. The van der Waals surface area contributed by atoms with Crippen LogP contribution in [0.25, 0.3) is 0 Å². The number of rotatable bonds is 8. The predicted molar refractivity (Wildman–Crippen MR) is 164 cm³/mol. The lowest BCUT2D eigenvalue weighted by atomic mass is 9.49. The van der Waals surface area contributed by atoms with Gasteiger partial charge in [-0.05, 0) is 149 Å². The lowest BCUT2D eigenvalue weighted by molar-refractivity contribution is -0.0467. The standard InChI is InChI=1S/C33H58N4O4/c1-31(2,3)40-29(38)35-28(34-24-33-21-25-18-26(22-33)20-27(19-25)23-33)37(30(39)41-32(4,5)6)17-13-9-12-16-36-14-10-7-8-11-15-36/h25-27H,7-24H2,1-6H3,(H,34,35,38). The Bertz CT molecular complexity index is 876. The zero-order chi connectivity index (χ0) is 29.7. The molecule has 8 heteroatoms. The summed E-state index contributed by atoms with van der Waals surface area (Å²) in [6, 6.07) is 0. The van der Waals surface area contributed by atoms with Crippen molar-refractivity contribution < 1.29 is 19.1 Å². The van der Waals surface area contributed by atoms with E-state index in [0.717, 1.165) is 43.6 Å². The van der Waals surface area contributed by atoms with Crippen LogP contribution < -0.4 is 5.32 Å². The molecule has 5 fully saturated rings. The van der Waals surface area contributed by atoms with Crippen molar-refractivity contribution in [3.05, 3.63) is 0 Å². The number of aliphatic imine (C=N–C) groups is 1. The van der Waals surface area contributed by atoms with E-state index in [0.29, 0.717) is 13.1 Å². The summed E-state index contributed by atoms with van der Waals surface area (Å²) in [5, 5.41) is 2.88. The monoisotopic (exact) mass is 574 g/mol. The summed E-state index contributed by atoms with van der Waals surface area (Å²) >= 11 is 0. The Morgan fingerprint density at radius 3 is 1.93 bits per heavy atom. The summed E-state index contributed by atoms with van der Waals surface area (Å²) in [6.45, 7) is 15.7. The summed E-state index contributed by atoms with van der Waals surface area (Å²) in [5.74, 6) is 2.70. The van der Waals surface area contributed by atoms with E-state index in [4.69, 9.17) is 14.5 Å². The summed E-state index contributed by atoms with van der Waals surface area (Å²) < 4.78 is 11.4. The van der Waals surface area contributed by atoms with E-state index < -0.39 is 23.4 Å². The number of carbonyl (C=O) groups excluding carboxylic acids is 2. The van der Waals surface area contributed by atoms with E-state index in [1.807, 2.05) is 41.5 Å². The Morgan fingerprint density at radius 2 is 1.39 bits per heavy atom. The van der Waals surface area contributed by atoms with Gasteiger partial charge in [0, 0.05) is 13.1 Å². The maximum Gasteiger partial charge on any atom is 0.417 e. The molecule has 0 atom stereocenters. The number of hydrogen-bond acceptors (Lipinski definition) is 6. The molecule has 4 saturated carbocycles. The van der Waals surface area contributed by atoms with Crippen LogP contribution in [0.5, 0.6) is 0 Å². The maximum absolute atomic E-state index is 13.6. The average Bonchev–Trinajstić information content (AvgIpc) is 3.10. The van der Waals surface area contributed by atoms with Crippen LogP contribution in [0.3, 0.4) is 0 Å². The van der Waals surface area contributed by atoms with Crippen molar-refractivity contribution >= 4 is 18.1 Å². The number of ether oxygens (including phenoxy) is 2. The highest BCUT2D eigenvalue weighted by molar-refractivity contribution is 6.01. The van der Waals surface area contributed by atoms with E-state index in [1.165, 1.54) is 77.3 Å². The smallest absolute Gasteiger partial charge is 0.417 e. The van der Waals surface area contributed by atoms with E-state index >= 15 is 0 Å². The number of carbonyl (C=O) groups is 2. The van der Waals surface area contributed by atoms with Crippen molar-refractivity contribution in [2.45, 2.75) is 136 Å². The Hall–Kier alpha value is -1.83. The molecule has 1 aliphatic heterocycles. The average molecular weight is 575 g/mol. The van der Waals surface area contributed by atoms with Crippen molar-refractivity contribution in [2.24, 2.45) is 28.2 Å². The molecule has 0 aromatic rings. The van der Waals surface area contributed by atoms with Crippen molar-refractivity contribution in [3.63, 3.8) is 0 Å². The molecule has 5 rings (SSSR count). The molecule has 0 radical (unpaired) electrons. The first kappa shape index (κ1) is 32.1. The third-order valence-corrected chi connectivity index (χ3v) is 9.27. The lowest BCUT2D eigenvalue weighted by Gasteiger charge is -2.56. The van der Waals surface area contributed by atoms with Crippen LogP contribution in [-0.4, -0.2) is 71.9 Å². The lowest BCUT2D eigenvalue weighted by Crippen LogP contribution is -2.51. The van der Waals surface area contributed by atoms with Gasteiger partial charge in [0.15, 0.2) is 0 Å². The molecule has 8 nitrogen and oxygen atoms in total. The number of alkyl carbamates (subject to hydrolysis) is 1. The molecule has 0 aromatic heterocycles. The molecular weight excluding hydrogens is 516 g/mol. The highest BCUT2D eigenvalue weighted by Gasteiger charge is 2.50. The normalized spacial score (nSPS) is 28.7. The van der Waals surface area contributed by atoms with Crippen LogP contribution in [0.15, 0.2) is 4.99 Å². The van der Waals surface area contributed by atoms with Gasteiger partial charge in [0.25, 0.3) is 0 Å². The van der Waals surface area contributed by atoms with Gasteiger partial charge in [0.05, 0.1) is 0 Å². The van der Waals surface area contributed by atoms with Gasteiger partial charge in [-0.15, -0.1) is 0 Å². The number of unbranched alkanes of at least 4 members (excludes halogenated alkanes) is 2. The minimum absolute atomic E-state index is 0.183. The Labute approximate surface area is 249 Å². The molecule has 1 saturated heterocycles. The maximum atomic E-state index is 13.6. The van der Waals surface area contributed by atoms with Gasteiger partial charge < -0.3 is 14.4 Å². The molecule has 1 heterocycles. The van der Waals surface area contributed by atoms with Crippen molar-refractivity contribution in [2.75, 3.05) is 32.7 Å². The molecule has 234 valence electrons. The van der Waals surface area contributed by atoms with E-state index in [1.54, 1.807) is 4.90 Å². The highest BCUT2D eigenvalue weighted by atomic mass is 16.6. The number of nitrogens with zero attached hydrogens (tertiary/aromatic N) is 3. The second-order valence-corrected chi connectivity index (χ2v) is 15.6. The number of guanidine groups is 1. The molecule has 1 N–H and O–H groups in total. The Morgan fingerprint density at radius 1 is 0.829 bits per heavy atom. The minimum atomic E-state index is -0.654. The molecule has 0 spiro atoms. The number of nitrogens with one attached hydrogen (secondary N) is 1. The molecule has 0 unspecified atom stereocenters. The molecule has 4 bridgehead atoms. The highest BCUT2D eigenvalue weighted by Crippen LogP contribution is 2.60. The van der Waals surface area contributed by atoms with Gasteiger partial charge in [-0.25, -0.2) is 14.5 Å². The van der Waals surface area contributed by atoms with E-state index in [-0.39, 0.29) is 11.4 Å². The third-order valence-electron chi connectivity index (χ3n) is 9.27. The molecule has 0 aromatic carbocycles. The van der Waals surface area contributed by atoms with Gasteiger partial charge in [0.1, 0.15) is 11.2 Å². The minimum Gasteiger partial charge on any atom is -0.444 e. The largest absolute Gasteiger partial charge is 0.444 e. The zero-order valence-corrected chi connectivity index (χ0v) is 26.9. The topological polar surface area (TPSA) is 83.5 Å². The van der Waals surface area contributed by atoms with Crippen LogP contribution in [-0.2, 0) is 9.47 Å². The Balaban J connectivity index is 1.47. The number of hydrogen-bond donors (Lipinski definition) is 1. The first-order valence-corrected chi connectivity index (χ1v) is 16.6. The summed E-state index contributed by atoms with van der Waals surface area (Å²) in [6.07, 6.45) is 14.9. The fraction of sp³-hybridized carbons (Fsp3) is 0.909. The van der Waals surface area contributed by atoms with Gasteiger partial charge in [-0.1, -0.05) is 19.3 Å². The first-order chi connectivity index (χ1) is 19.3. The predicted octanol–water partition coefficient (Wildman–Crippen LogP) is 7.37. The van der Waals surface area contributed by atoms with Crippen molar-refractivity contribution in [3.8, 4) is 0 Å². The quantitative estimate of drug-likeness (QED) is 0.186. The fourth-order valence-corrected chi connectivity index (χ4v) is 8.06. The van der Waals surface area contributed by atoms with Crippen molar-refractivity contribution in [1.82, 2.24) is 15.1 Å². The van der Waals surface area contributed by atoms with E-state index in [9.17, 15) is 9.59 Å². The van der Waals surface area contributed by atoms with Crippen LogP contribution in [0.2, 0.25) is 0 Å². The van der Waals surface area contributed by atoms with Gasteiger partial charge in [-0.3, -0.25) is 10.3 Å². The molecular formula is C33H58N4O4. The summed E-state index contributed by atoms with van der Waals surface area (Å²) in [5.41, 5.74) is -1.12. The zero-order valence-electron chi connectivity index (χ0n) is 26.9. The third kappa shape index (κ3) is 10.1. The molecule has 41 heavy (non-hydrogen) atoms. The summed E-state index contributed by atoms with van der Waals surface area (Å²) in [7, 11) is 0. The second-order valence-electron chi connectivity index (χ2n) is 15.6. The van der Waals surface area contributed by atoms with Crippen LogP contribution in [0, 0.1) is 23.2 Å². The Kier molecular flexibility index (Phi) is 10.7. The van der Waals surface area contributed by atoms with Gasteiger partial charge >= 0.3 is 12.2 Å². The van der Waals surface area contributed by atoms with Gasteiger partial charge in [0.2, 0.25) is 5.96 Å². The molecule has 2 amide bonds. The number of likely N-dealkylation sites (tertiary alicyclic amines) is 1. The first-order valence-electron chi connectivity index (χ1n) is 16.6. The second kappa shape index (κ2) is 13.6. The molecule has 4 aliphatic carbocycles. The van der Waals surface area contributed by atoms with Gasteiger partial charge in [-0.2, -0.15) is 0 Å².